The minimum Gasteiger partial charge on any atom is -0.348 e. The molecule has 2 atom stereocenters. The lowest BCUT2D eigenvalue weighted by Gasteiger charge is -2.20. The van der Waals surface area contributed by atoms with Crippen molar-refractivity contribution in [3.63, 3.8) is 0 Å². The number of likely N-dealkylation sites (N-methyl/N-ethyl adjacent to an activating group) is 1. The highest BCUT2D eigenvalue weighted by Gasteiger charge is 2.44. The average Bonchev–Trinajstić information content (AvgIpc) is 2.83. The number of aliphatic imine (C=N–C) groups is 1. The number of rotatable bonds is 2. The monoisotopic (exact) mass is 310 g/mol. The van der Waals surface area contributed by atoms with Crippen molar-refractivity contribution < 1.29 is 8.42 Å². The van der Waals surface area contributed by atoms with Crippen molar-refractivity contribution in [2.45, 2.75) is 24.8 Å². The third-order valence-corrected chi connectivity index (χ3v) is 6.69. The van der Waals surface area contributed by atoms with E-state index in [1.54, 1.807) is 11.8 Å². The molecule has 4 nitrogen and oxygen atoms in total. The van der Waals surface area contributed by atoms with Gasteiger partial charge in [-0.05, 0) is 12.5 Å². The molecule has 0 radical (unpaired) electrons. The molecule has 0 spiro atoms. The van der Waals surface area contributed by atoms with E-state index in [9.17, 15) is 8.42 Å². The second kappa shape index (κ2) is 5.07. The summed E-state index contributed by atoms with van der Waals surface area (Å²) < 4.78 is 23.2. The van der Waals surface area contributed by atoms with Crippen LogP contribution in [0.15, 0.2) is 29.3 Å². The van der Waals surface area contributed by atoms with Gasteiger partial charge < -0.3 is 4.90 Å². The first-order valence-electron chi connectivity index (χ1n) is 6.64. The third-order valence-electron chi connectivity index (χ3n) is 3.86. The lowest BCUT2D eigenvalue weighted by molar-refractivity contribution is 0.410. The molecule has 108 valence electrons. The summed E-state index contributed by atoms with van der Waals surface area (Å²) in [5.74, 6) is 1.32. The highest BCUT2D eigenvalue weighted by Crippen LogP contribution is 2.30. The average molecular weight is 310 g/mol. The molecular weight excluding hydrogens is 292 g/mol. The first-order chi connectivity index (χ1) is 9.44. The van der Waals surface area contributed by atoms with Gasteiger partial charge in [0.25, 0.3) is 0 Å². The van der Waals surface area contributed by atoms with Crippen LogP contribution >= 0.6 is 11.8 Å². The quantitative estimate of drug-likeness (QED) is 0.834. The first-order valence-corrected chi connectivity index (χ1v) is 9.45. The van der Waals surface area contributed by atoms with E-state index in [0.717, 1.165) is 10.9 Å². The molecule has 0 saturated carbocycles. The fraction of sp³-hybridized carbons (Fsp3) is 0.500. The molecule has 2 heterocycles. The van der Waals surface area contributed by atoms with Gasteiger partial charge in [0.1, 0.15) is 0 Å². The number of aryl methyl sites for hydroxylation is 1. The van der Waals surface area contributed by atoms with E-state index in [0.29, 0.717) is 0 Å². The molecule has 0 aliphatic carbocycles. The summed E-state index contributed by atoms with van der Waals surface area (Å²) in [5.41, 5.74) is 2.52. The van der Waals surface area contributed by atoms with Crippen LogP contribution in [-0.4, -0.2) is 49.1 Å². The van der Waals surface area contributed by atoms with E-state index < -0.39 is 9.84 Å². The Morgan fingerprint density at radius 3 is 2.65 bits per heavy atom. The molecule has 2 aliphatic heterocycles. The standard InChI is InChI=1S/C14H18N2O2S2/c1-10-3-5-11(6-4-10)7-19-14-15-12-8-20(17,18)9-13(12)16(14)2/h3-6,12-13H,7-9H2,1-2H3/t12-,13+/m1/s1. The van der Waals surface area contributed by atoms with Crippen LogP contribution in [0, 0.1) is 6.92 Å². The fourth-order valence-electron chi connectivity index (χ4n) is 2.65. The molecule has 0 bridgehead atoms. The smallest absolute Gasteiger partial charge is 0.159 e. The Morgan fingerprint density at radius 2 is 2.00 bits per heavy atom. The van der Waals surface area contributed by atoms with Crippen molar-refractivity contribution in [3.05, 3.63) is 35.4 Å². The lowest BCUT2D eigenvalue weighted by Crippen LogP contribution is -2.35. The van der Waals surface area contributed by atoms with Gasteiger partial charge in [0, 0.05) is 12.8 Å². The molecule has 20 heavy (non-hydrogen) atoms. The summed E-state index contributed by atoms with van der Waals surface area (Å²) >= 11 is 1.69. The van der Waals surface area contributed by atoms with Gasteiger partial charge >= 0.3 is 0 Å². The summed E-state index contributed by atoms with van der Waals surface area (Å²) in [6.45, 7) is 2.08. The normalized spacial score (nSPS) is 27.5. The van der Waals surface area contributed by atoms with Crippen molar-refractivity contribution in [1.29, 1.82) is 0 Å². The number of hydrogen-bond acceptors (Lipinski definition) is 5. The van der Waals surface area contributed by atoms with Crippen molar-refractivity contribution >= 4 is 26.8 Å². The van der Waals surface area contributed by atoms with E-state index in [2.05, 4.69) is 36.2 Å². The summed E-state index contributed by atoms with van der Waals surface area (Å²) in [6, 6.07) is 8.45. The molecule has 1 aromatic carbocycles. The Labute approximate surface area is 124 Å². The lowest BCUT2D eigenvalue weighted by atomic mass is 10.2. The maximum absolute atomic E-state index is 11.6. The van der Waals surface area contributed by atoms with E-state index in [-0.39, 0.29) is 23.6 Å². The second-order valence-electron chi connectivity index (χ2n) is 5.51. The first kappa shape index (κ1) is 13.9. The molecule has 0 unspecified atom stereocenters. The van der Waals surface area contributed by atoms with E-state index >= 15 is 0 Å². The van der Waals surface area contributed by atoms with Gasteiger partial charge in [-0.1, -0.05) is 41.6 Å². The molecule has 0 amide bonds. The second-order valence-corrected chi connectivity index (χ2v) is 8.60. The molecule has 3 rings (SSSR count). The van der Waals surface area contributed by atoms with Crippen LogP contribution < -0.4 is 0 Å². The molecule has 1 saturated heterocycles. The maximum atomic E-state index is 11.6. The number of amidine groups is 1. The van der Waals surface area contributed by atoms with Gasteiger partial charge in [-0.25, -0.2) is 8.42 Å². The molecule has 0 aromatic heterocycles. The zero-order valence-corrected chi connectivity index (χ0v) is 13.2. The van der Waals surface area contributed by atoms with E-state index in [4.69, 9.17) is 0 Å². The van der Waals surface area contributed by atoms with Crippen LogP contribution in [0.25, 0.3) is 0 Å². The largest absolute Gasteiger partial charge is 0.348 e. The Bertz CT molecular complexity index is 638. The zero-order chi connectivity index (χ0) is 14.3. The van der Waals surface area contributed by atoms with Crippen LogP contribution in [0.4, 0.5) is 0 Å². The summed E-state index contributed by atoms with van der Waals surface area (Å²) in [7, 11) is -0.941. The third kappa shape index (κ3) is 2.72. The minimum atomic E-state index is -2.89. The summed E-state index contributed by atoms with van der Waals surface area (Å²) in [5, 5.41) is 0.968. The number of hydrogen-bond donors (Lipinski definition) is 0. The maximum Gasteiger partial charge on any atom is 0.159 e. The fourth-order valence-corrected chi connectivity index (χ4v) is 5.61. The highest BCUT2D eigenvalue weighted by atomic mass is 32.2. The van der Waals surface area contributed by atoms with E-state index in [1.807, 2.05) is 11.9 Å². The minimum absolute atomic E-state index is 0.0421. The number of benzene rings is 1. The van der Waals surface area contributed by atoms with Crippen molar-refractivity contribution in [1.82, 2.24) is 4.90 Å². The predicted octanol–water partition coefficient (Wildman–Crippen LogP) is 1.70. The Morgan fingerprint density at radius 1 is 1.30 bits per heavy atom. The van der Waals surface area contributed by atoms with E-state index in [1.165, 1.54) is 11.1 Å². The SMILES string of the molecule is Cc1ccc(CSC2=N[C@@H]3CS(=O)(=O)C[C@@H]3N2C)cc1. The van der Waals surface area contributed by atoms with Crippen LogP contribution in [-0.2, 0) is 15.6 Å². The Balaban J connectivity index is 1.66. The summed E-state index contributed by atoms with van der Waals surface area (Å²) in [6.07, 6.45) is 0. The molecular formula is C14H18N2O2S2. The van der Waals surface area contributed by atoms with Gasteiger partial charge in [-0.2, -0.15) is 0 Å². The highest BCUT2D eigenvalue weighted by molar-refractivity contribution is 8.13. The summed E-state index contributed by atoms with van der Waals surface area (Å²) in [4.78, 5) is 6.62. The van der Waals surface area contributed by atoms with Gasteiger partial charge in [-0.3, -0.25) is 4.99 Å². The zero-order valence-electron chi connectivity index (χ0n) is 11.6. The number of fused-ring (bicyclic) bond motifs is 1. The van der Waals surface area contributed by atoms with Crippen molar-refractivity contribution in [2.75, 3.05) is 18.6 Å². The molecule has 1 aromatic rings. The van der Waals surface area contributed by atoms with Crippen LogP contribution in [0.2, 0.25) is 0 Å². The Kier molecular flexibility index (Phi) is 3.54. The van der Waals surface area contributed by atoms with Gasteiger partial charge in [-0.15, -0.1) is 0 Å². The Hall–Kier alpha value is -1.01. The predicted molar refractivity (Wildman–Crippen MR) is 83.9 cm³/mol. The van der Waals surface area contributed by atoms with Crippen molar-refractivity contribution in [3.8, 4) is 0 Å². The number of sulfone groups is 1. The van der Waals surface area contributed by atoms with Crippen LogP contribution in [0.3, 0.4) is 0 Å². The van der Waals surface area contributed by atoms with Crippen LogP contribution in [0.1, 0.15) is 11.1 Å². The van der Waals surface area contributed by atoms with Gasteiger partial charge in [0.05, 0.1) is 23.6 Å². The number of thioether (sulfide) groups is 1. The van der Waals surface area contributed by atoms with Gasteiger partial charge in [0.2, 0.25) is 0 Å². The number of nitrogens with zero attached hydrogens (tertiary/aromatic N) is 2. The topological polar surface area (TPSA) is 49.7 Å². The molecule has 0 N–H and O–H groups in total. The molecule has 6 heteroatoms. The van der Waals surface area contributed by atoms with Crippen LogP contribution in [0.5, 0.6) is 0 Å². The van der Waals surface area contributed by atoms with Crippen molar-refractivity contribution in [2.24, 2.45) is 4.99 Å². The molecule has 1 fully saturated rings. The molecule has 2 aliphatic rings. The van der Waals surface area contributed by atoms with Gasteiger partial charge in [0.15, 0.2) is 15.0 Å².